The lowest BCUT2D eigenvalue weighted by atomic mass is 9.91. The molecule has 1 amide bonds. The maximum Gasteiger partial charge on any atom is 0.329 e. The van der Waals surface area contributed by atoms with Crippen LogP contribution in [0, 0.1) is 5.92 Å². The maximum absolute atomic E-state index is 12.5. The summed E-state index contributed by atoms with van der Waals surface area (Å²) >= 11 is 0. The van der Waals surface area contributed by atoms with E-state index in [1.54, 1.807) is 0 Å². The highest BCUT2D eigenvalue weighted by molar-refractivity contribution is 5.89. The normalized spacial score (nSPS) is 23.0. The number of carbonyl (C=O) groups excluding carboxylic acids is 1. The number of amides is 1. The Hall–Kier alpha value is -2.04. The molecular formula is C16H20N2O3. The number of para-hydroxylation sites is 1. The number of nitrogens with one attached hydrogen (secondary N) is 2. The van der Waals surface area contributed by atoms with Gasteiger partial charge in [-0.25, -0.2) is 4.79 Å². The number of fused-ring (bicyclic) bond motifs is 1. The van der Waals surface area contributed by atoms with Crippen LogP contribution in [-0.4, -0.2) is 29.1 Å². The van der Waals surface area contributed by atoms with Crippen molar-refractivity contribution in [2.45, 2.75) is 37.6 Å². The van der Waals surface area contributed by atoms with Gasteiger partial charge < -0.3 is 15.7 Å². The smallest absolute Gasteiger partial charge is 0.329 e. The Morgan fingerprint density at radius 1 is 1.24 bits per heavy atom. The van der Waals surface area contributed by atoms with Crippen molar-refractivity contribution in [1.29, 1.82) is 0 Å². The van der Waals surface area contributed by atoms with Crippen molar-refractivity contribution < 1.29 is 14.7 Å². The van der Waals surface area contributed by atoms with E-state index >= 15 is 0 Å². The van der Waals surface area contributed by atoms with E-state index in [1.807, 2.05) is 24.3 Å². The van der Waals surface area contributed by atoms with Crippen LogP contribution in [0.4, 0.5) is 5.69 Å². The van der Waals surface area contributed by atoms with Gasteiger partial charge in [0.25, 0.3) is 0 Å². The molecule has 5 nitrogen and oxygen atoms in total. The summed E-state index contributed by atoms with van der Waals surface area (Å²) in [5.41, 5.74) is 1.13. The molecular weight excluding hydrogens is 268 g/mol. The number of carboxylic acid groups (broad SMARTS) is 1. The SMILES string of the molecule is O=C(NC1(C(=O)O)CCCC1)C1CNc2ccccc2C1. The van der Waals surface area contributed by atoms with Crippen LogP contribution < -0.4 is 10.6 Å². The Kier molecular flexibility index (Phi) is 3.57. The molecule has 112 valence electrons. The zero-order valence-corrected chi connectivity index (χ0v) is 11.9. The van der Waals surface area contributed by atoms with E-state index in [4.69, 9.17) is 0 Å². The minimum Gasteiger partial charge on any atom is -0.480 e. The molecule has 1 fully saturated rings. The Morgan fingerprint density at radius 2 is 1.95 bits per heavy atom. The average molecular weight is 288 g/mol. The van der Waals surface area contributed by atoms with Gasteiger partial charge in [-0.3, -0.25) is 4.79 Å². The van der Waals surface area contributed by atoms with Crippen molar-refractivity contribution in [2.75, 3.05) is 11.9 Å². The largest absolute Gasteiger partial charge is 0.480 e. The van der Waals surface area contributed by atoms with Gasteiger partial charge in [-0.05, 0) is 30.9 Å². The van der Waals surface area contributed by atoms with Crippen LogP contribution in [0.2, 0.25) is 0 Å². The Balaban J connectivity index is 1.71. The molecule has 3 N–H and O–H groups in total. The zero-order chi connectivity index (χ0) is 14.9. The van der Waals surface area contributed by atoms with E-state index in [0.717, 1.165) is 24.1 Å². The Labute approximate surface area is 123 Å². The highest BCUT2D eigenvalue weighted by atomic mass is 16.4. The van der Waals surface area contributed by atoms with Gasteiger partial charge in [0, 0.05) is 12.2 Å². The zero-order valence-electron chi connectivity index (χ0n) is 11.9. The van der Waals surface area contributed by atoms with Crippen molar-refractivity contribution >= 4 is 17.6 Å². The van der Waals surface area contributed by atoms with Gasteiger partial charge in [0.15, 0.2) is 0 Å². The minimum absolute atomic E-state index is 0.152. The third kappa shape index (κ3) is 2.60. The van der Waals surface area contributed by atoms with Crippen molar-refractivity contribution in [3.63, 3.8) is 0 Å². The lowest BCUT2D eigenvalue weighted by molar-refractivity contribution is -0.148. The van der Waals surface area contributed by atoms with Crippen LogP contribution in [0.3, 0.4) is 0 Å². The van der Waals surface area contributed by atoms with Gasteiger partial charge in [0.05, 0.1) is 5.92 Å². The summed E-state index contributed by atoms with van der Waals surface area (Å²) < 4.78 is 0. The van der Waals surface area contributed by atoms with E-state index in [9.17, 15) is 14.7 Å². The Bertz CT molecular complexity index is 564. The number of hydrogen-bond acceptors (Lipinski definition) is 3. The molecule has 0 bridgehead atoms. The number of carboxylic acids is 1. The summed E-state index contributed by atoms with van der Waals surface area (Å²) in [7, 11) is 0. The first-order chi connectivity index (χ1) is 10.1. The highest BCUT2D eigenvalue weighted by Gasteiger charge is 2.43. The number of hydrogen-bond donors (Lipinski definition) is 3. The standard InChI is InChI=1S/C16H20N2O3/c19-14(18-16(15(20)21)7-3-4-8-16)12-9-11-5-1-2-6-13(11)17-10-12/h1-2,5-6,12,17H,3-4,7-10H2,(H,18,19)(H,20,21). The van der Waals surface area contributed by atoms with Crippen LogP contribution in [-0.2, 0) is 16.0 Å². The molecule has 1 aromatic rings. The van der Waals surface area contributed by atoms with E-state index < -0.39 is 11.5 Å². The second-order valence-electron chi connectivity index (χ2n) is 6.02. The number of anilines is 1. The van der Waals surface area contributed by atoms with E-state index in [1.165, 1.54) is 0 Å². The van der Waals surface area contributed by atoms with Gasteiger partial charge in [-0.15, -0.1) is 0 Å². The number of benzene rings is 1. The van der Waals surface area contributed by atoms with Crippen molar-refractivity contribution in [1.82, 2.24) is 5.32 Å². The number of rotatable bonds is 3. The van der Waals surface area contributed by atoms with Gasteiger partial charge in [0.1, 0.15) is 5.54 Å². The molecule has 1 aromatic carbocycles. The third-order valence-electron chi connectivity index (χ3n) is 4.62. The fraction of sp³-hybridized carbons (Fsp3) is 0.500. The van der Waals surface area contributed by atoms with Gasteiger partial charge >= 0.3 is 5.97 Å². The topological polar surface area (TPSA) is 78.4 Å². The summed E-state index contributed by atoms with van der Waals surface area (Å²) in [5, 5.41) is 15.5. The molecule has 1 atom stereocenters. The molecule has 1 heterocycles. The third-order valence-corrected chi connectivity index (χ3v) is 4.62. The second kappa shape index (κ2) is 5.39. The van der Waals surface area contributed by atoms with E-state index in [0.29, 0.717) is 25.8 Å². The lowest BCUT2D eigenvalue weighted by Crippen LogP contribution is -2.55. The molecule has 2 aliphatic rings. The molecule has 3 rings (SSSR count). The molecule has 0 aromatic heterocycles. The van der Waals surface area contributed by atoms with Gasteiger partial charge in [-0.1, -0.05) is 31.0 Å². The molecule has 1 unspecified atom stereocenters. The first-order valence-corrected chi connectivity index (χ1v) is 7.48. The first kappa shape index (κ1) is 13.9. The summed E-state index contributed by atoms with van der Waals surface area (Å²) in [4.78, 5) is 24.0. The van der Waals surface area contributed by atoms with Crippen molar-refractivity contribution in [3.05, 3.63) is 29.8 Å². The van der Waals surface area contributed by atoms with Crippen molar-refractivity contribution in [3.8, 4) is 0 Å². The predicted molar refractivity (Wildman–Crippen MR) is 79.1 cm³/mol. The van der Waals surface area contributed by atoms with Crippen molar-refractivity contribution in [2.24, 2.45) is 5.92 Å². The van der Waals surface area contributed by atoms with Crippen LogP contribution in [0.1, 0.15) is 31.2 Å². The summed E-state index contributed by atoms with van der Waals surface area (Å²) in [6.07, 6.45) is 3.44. The summed E-state index contributed by atoms with van der Waals surface area (Å²) in [6, 6.07) is 7.92. The molecule has 5 heteroatoms. The van der Waals surface area contributed by atoms with Crippen LogP contribution in [0.15, 0.2) is 24.3 Å². The molecule has 0 saturated heterocycles. The van der Waals surface area contributed by atoms with Gasteiger partial charge in [0.2, 0.25) is 5.91 Å². The average Bonchev–Trinajstić information content (AvgIpc) is 2.96. The summed E-state index contributed by atoms with van der Waals surface area (Å²) in [6.45, 7) is 0.554. The molecule has 1 aliphatic carbocycles. The molecule has 1 aliphatic heterocycles. The van der Waals surface area contributed by atoms with Crippen LogP contribution in [0.5, 0.6) is 0 Å². The van der Waals surface area contributed by atoms with E-state index in [2.05, 4.69) is 10.6 Å². The fourth-order valence-corrected chi connectivity index (χ4v) is 3.34. The molecule has 0 spiro atoms. The number of carbonyl (C=O) groups is 2. The minimum atomic E-state index is -1.05. The lowest BCUT2D eigenvalue weighted by Gasteiger charge is -2.30. The second-order valence-corrected chi connectivity index (χ2v) is 6.02. The summed E-state index contributed by atoms with van der Waals surface area (Å²) in [5.74, 6) is -1.27. The van der Waals surface area contributed by atoms with E-state index in [-0.39, 0.29) is 11.8 Å². The van der Waals surface area contributed by atoms with Gasteiger partial charge in [-0.2, -0.15) is 0 Å². The first-order valence-electron chi connectivity index (χ1n) is 7.48. The molecule has 0 radical (unpaired) electrons. The Morgan fingerprint density at radius 3 is 2.67 bits per heavy atom. The molecule has 21 heavy (non-hydrogen) atoms. The highest BCUT2D eigenvalue weighted by Crippen LogP contribution is 2.31. The van der Waals surface area contributed by atoms with Crippen LogP contribution >= 0.6 is 0 Å². The maximum atomic E-state index is 12.5. The molecule has 1 saturated carbocycles. The predicted octanol–water partition coefficient (Wildman–Crippen LogP) is 1.78. The fourth-order valence-electron chi connectivity index (χ4n) is 3.34. The monoisotopic (exact) mass is 288 g/mol. The number of aliphatic carboxylic acids is 1. The van der Waals surface area contributed by atoms with Crippen LogP contribution in [0.25, 0.3) is 0 Å². The quantitative estimate of drug-likeness (QED) is 0.792.